The Hall–Kier alpha value is -8.61. The monoisotopic (exact) mass is 1190 g/mol. The van der Waals surface area contributed by atoms with Gasteiger partial charge in [0, 0.05) is 42.0 Å². The summed E-state index contributed by atoms with van der Waals surface area (Å²) in [7, 11) is 0. The van der Waals surface area contributed by atoms with Crippen molar-refractivity contribution in [2.45, 2.75) is 55.8 Å². The van der Waals surface area contributed by atoms with Crippen LogP contribution in [0.5, 0.6) is 0 Å². The maximum atomic E-state index is 6.39. The molecule has 3 heteroatoms. The molecule has 18 rings (SSSR count). The molecule has 6 aliphatic rings. The first-order valence-corrected chi connectivity index (χ1v) is 29.7. The Kier molecular flexibility index (Phi) is 12.1. The van der Waals surface area contributed by atoms with Gasteiger partial charge in [0.15, 0.2) is 0 Å². The summed E-state index contributed by atoms with van der Waals surface area (Å²) in [4.78, 5) is 2.47. The zero-order chi connectivity index (χ0) is 55.8. The summed E-state index contributed by atoms with van der Waals surface area (Å²) < 4.78 is 0. The van der Waals surface area contributed by atoms with Gasteiger partial charge in [-0.05, 0) is 165 Å². The molecule has 0 unspecified atom stereocenters. The van der Waals surface area contributed by atoms with E-state index in [4.69, 9.17) is 11.6 Å². The third-order valence-corrected chi connectivity index (χ3v) is 19.8. The van der Waals surface area contributed by atoms with Crippen LogP contribution in [0.1, 0.15) is 106 Å². The molecule has 2 spiro atoms. The van der Waals surface area contributed by atoms with Crippen molar-refractivity contribution in [1.29, 1.82) is 0 Å². The van der Waals surface area contributed by atoms with E-state index in [9.17, 15) is 0 Å². The van der Waals surface area contributed by atoms with Gasteiger partial charge in [-0.25, -0.2) is 0 Å². The summed E-state index contributed by atoms with van der Waals surface area (Å²) in [5.74, 6) is 0. The molecule has 84 heavy (non-hydrogen) atoms. The second kappa shape index (κ2) is 19.5. The minimum atomic E-state index is -0.308. The summed E-state index contributed by atoms with van der Waals surface area (Å²) >= 11 is 6.39. The van der Waals surface area contributed by atoms with E-state index in [-0.39, 0.29) is 42.1 Å². The van der Waals surface area contributed by atoms with Crippen LogP contribution in [0, 0.1) is 0 Å². The first-order valence-electron chi connectivity index (χ1n) is 29.3. The van der Waals surface area contributed by atoms with Crippen LogP contribution in [0.4, 0.5) is 17.1 Å². The number of anilines is 3. The van der Waals surface area contributed by atoms with Gasteiger partial charge in [0.05, 0.1) is 22.2 Å². The van der Waals surface area contributed by atoms with E-state index in [1.165, 1.54) is 139 Å². The van der Waals surface area contributed by atoms with E-state index in [1.807, 2.05) is 6.07 Å². The van der Waals surface area contributed by atoms with Crippen LogP contribution in [0.15, 0.2) is 279 Å². The standard InChI is InChI=1S/C40H29N.C25H15Cl.C16H16.Pd/c1-39(2)35-19-9-11-21-37(35)41(38-22-12-10-20-36(38)39)26-23-24-34-30(25-26)29-15-5-8-18-33(29)40(34)31-16-6-3-13-27(31)28-14-4-7-17-32(28)40;26-16-13-14-24-20(15-16)19-9-3-6-12-23(19)25(24)21-10-4-1-7-17(21)18-8-2-5-11-22(18)25;1-16(2)14-9-5-3-7-12(14)11-13-8-4-6-10-15(13)16;/h3-25H,1-2H3;1-15H;3-10H,11H2,1-2H3;. The van der Waals surface area contributed by atoms with Crippen molar-refractivity contribution in [2.24, 2.45) is 0 Å². The number of benzene rings is 12. The first kappa shape index (κ1) is 52.2. The number of fused-ring (bicyclic) bond motifs is 24. The number of nitrogens with zero attached hydrogens (tertiary/aromatic N) is 1. The number of rotatable bonds is 1. The van der Waals surface area contributed by atoms with Crippen molar-refractivity contribution in [2.75, 3.05) is 4.90 Å². The Morgan fingerprint density at radius 3 is 0.940 bits per heavy atom. The topological polar surface area (TPSA) is 3.24 Å². The summed E-state index contributed by atoms with van der Waals surface area (Å²) in [6.07, 6.45) is 1.08. The van der Waals surface area contributed by atoms with Gasteiger partial charge in [-0.1, -0.05) is 282 Å². The number of hydrogen-bond acceptors (Lipinski definition) is 1. The predicted molar refractivity (Wildman–Crippen MR) is 345 cm³/mol. The summed E-state index contributed by atoms with van der Waals surface area (Å²) in [6.45, 7) is 9.34. The second-order valence-electron chi connectivity index (χ2n) is 24.3. The predicted octanol–water partition coefficient (Wildman–Crippen LogP) is 20.7. The Labute approximate surface area is 512 Å². The van der Waals surface area contributed by atoms with E-state index in [1.54, 1.807) is 0 Å². The van der Waals surface area contributed by atoms with E-state index in [0.717, 1.165) is 11.4 Å². The molecule has 0 radical (unpaired) electrons. The SMILES string of the molecule is CC1(C)c2ccccc2Cc2ccccc21.CC1(C)c2ccccc2N(c2ccc3c(c2)-c2ccccc2C32c3ccccc3-c3ccccc32)c2ccccc21.Clc1ccc2c(c1)-c1ccccc1C21c2ccccc2-c2ccccc21.[Pd]. The largest absolute Gasteiger partial charge is 0.310 e. The quantitative estimate of drug-likeness (QED) is 0.148. The van der Waals surface area contributed by atoms with Crippen molar-refractivity contribution in [3.63, 3.8) is 0 Å². The van der Waals surface area contributed by atoms with E-state index >= 15 is 0 Å². The molecule has 1 nitrogen and oxygen atoms in total. The fourth-order valence-electron chi connectivity index (χ4n) is 16.2. The van der Waals surface area contributed by atoms with Crippen molar-refractivity contribution >= 4 is 28.7 Å². The van der Waals surface area contributed by atoms with Crippen LogP contribution in [-0.4, -0.2) is 0 Å². The van der Waals surface area contributed by atoms with Gasteiger partial charge in [0.2, 0.25) is 0 Å². The van der Waals surface area contributed by atoms with E-state index < -0.39 is 0 Å². The molecule has 1 heterocycles. The number of para-hydroxylation sites is 2. The maximum absolute atomic E-state index is 6.39. The fraction of sp³-hybridized carbons (Fsp3) is 0.111. The minimum absolute atomic E-state index is 0. The third kappa shape index (κ3) is 7.18. The Morgan fingerprint density at radius 2 is 0.548 bits per heavy atom. The molecular weight excluding hydrogens is 1130 g/mol. The molecule has 0 fully saturated rings. The van der Waals surface area contributed by atoms with Crippen LogP contribution >= 0.6 is 11.6 Å². The normalized spacial score (nSPS) is 15.4. The van der Waals surface area contributed by atoms with Crippen LogP contribution in [0.3, 0.4) is 0 Å². The van der Waals surface area contributed by atoms with Gasteiger partial charge in [0.25, 0.3) is 0 Å². The number of halogens is 1. The molecule has 5 aliphatic carbocycles. The van der Waals surface area contributed by atoms with Gasteiger partial charge in [-0.3, -0.25) is 0 Å². The fourth-order valence-corrected chi connectivity index (χ4v) is 16.3. The molecule has 0 bridgehead atoms. The van der Waals surface area contributed by atoms with E-state index in [0.29, 0.717) is 0 Å². The molecule has 0 aromatic heterocycles. The molecule has 1 aliphatic heterocycles. The summed E-state index contributed by atoms with van der Waals surface area (Å²) in [5, 5.41) is 0.787. The van der Waals surface area contributed by atoms with Crippen LogP contribution in [0.2, 0.25) is 5.02 Å². The Bertz CT molecular complexity index is 4470. The zero-order valence-electron chi connectivity index (χ0n) is 47.4. The van der Waals surface area contributed by atoms with Gasteiger partial charge < -0.3 is 4.90 Å². The van der Waals surface area contributed by atoms with Crippen molar-refractivity contribution in [3.8, 4) is 44.5 Å². The first-order chi connectivity index (χ1) is 40.6. The van der Waals surface area contributed by atoms with Crippen molar-refractivity contribution in [3.05, 3.63) is 362 Å². The molecule has 0 amide bonds. The average molecular weight is 1190 g/mol. The minimum Gasteiger partial charge on any atom is -0.310 e. The van der Waals surface area contributed by atoms with Crippen molar-refractivity contribution in [1.82, 2.24) is 0 Å². The van der Waals surface area contributed by atoms with Gasteiger partial charge in [-0.2, -0.15) is 0 Å². The van der Waals surface area contributed by atoms with Crippen LogP contribution in [-0.2, 0) is 48.5 Å². The molecule has 406 valence electrons. The van der Waals surface area contributed by atoms with Crippen LogP contribution < -0.4 is 4.90 Å². The van der Waals surface area contributed by atoms with Gasteiger partial charge >= 0.3 is 0 Å². The average Bonchev–Trinajstić information content (AvgIpc) is 1.70. The molecule has 12 aromatic carbocycles. The molecule has 12 aromatic rings. The molecule has 0 saturated carbocycles. The smallest absolute Gasteiger partial charge is 0.0725 e. The molecular formula is C81H60ClNPd. The maximum Gasteiger partial charge on any atom is 0.0725 e. The molecule has 0 saturated heterocycles. The summed E-state index contributed by atoms with van der Waals surface area (Å²) in [5.41, 5.74) is 33.4. The second-order valence-corrected chi connectivity index (χ2v) is 24.7. The molecule has 0 atom stereocenters. The van der Waals surface area contributed by atoms with Crippen molar-refractivity contribution < 1.29 is 20.4 Å². The zero-order valence-corrected chi connectivity index (χ0v) is 49.7. The van der Waals surface area contributed by atoms with E-state index in [2.05, 4.69) is 306 Å². The molecule has 0 N–H and O–H groups in total. The summed E-state index contributed by atoms with van der Waals surface area (Å²) in [6, 6.07) is 103. The van der Waals surface area contributed by atoms with Gasteiger partial charge in [0.1, 0.15) is 0 Å². The van der Waals surface area contributed by atoms with Gasteiger partial charge in [-0.15, -0.1) is 0 Å². The third-order valence-electron chi connectivity index (χ3n) is 19.6. The van der Waals surface area contributed by atoms with Crippen LogP contribution in [0.25, 0.3) is 44.5 Å². The number of hydrogen-bond donors (Lipinski definition) is 0. The Morgan fingerprint density at radius 1 is 0.274 bits per heavy atom. The Balaban J connectivity index is 0.000000119.